The van der Waals surface area contributed by atoms with Gasteiger partial charge in [-0.1, -0.05) is 41.9 Å². The molecule has 0 fully saturated rings. The summed E-state index contributed by atoms with van der Waals surface area (Å²) in [7, 11) is -2.28. The Balaban J connectivity index is 1.71. The standard InChI is InChI=1S/C19H16ClNO4S2/c1-25-17-9-8-15(11-16(17)20)27(23,24)21-12-14-7-10-18(26-14)19(22)13-5-3-2-4-6-13/h2-11,21H,12H2,1H3. The number of rotatable bonds is 7. The van der Waals surface area contributed by atoms with Gasteiger partial charge in [0, 0.05) is 17.0 Å². The van der Waals surface area contributed by atoms with Crippen molar-refractivity contribution in [1.82, 2.24) is 4.72 Å². The van der Waals surface area contributed by atoms with Crippen molar-refractivity contribution in [3.05, 3.63) is 81.0 Å². The zero-order valence-electron chi connectivity index (χ0n) is 14.3. The van der Waals surface area contributed by atoms with Crippen LogP contribution in [-0.2, 0) is 16.6 Å². The van der Waals surface area contributed by atoms with Crippen LogP contribution in [0.15, 0.2) is 65.6 Å². The first kappa shape index (κ1) is 19.6. The number of thiophene rings is 1. The van der Waals surface area contributed by atoms with E-state index in [0.717, 1.165) is 4.88 Å². The molecule has 0 amide bonds. The number of benzene rings is 2. The molecule has 5 nitrogen and oxygen atoms in total. The molecule has 0 spiro atoms. The Hall–Kier alpha value is -2.19. The number of hydrogen-bond donors (Lipinski definition) is 1. The lowest BCUT2D eigenvalue weighted by molar-refractivity contribution is 0.104. The highest BCUT2D eigenvalue weighted by molar-refractivity contribution is 7.89. The SMILES string of the molecule is COc1ccc(S(=O)(=O)NCc2ccc(C(=O)c3ccccc3)s2)cc1Cl. The van der Waals surface area contributed by atoms with Gasteiger partial charge in [-0.05, 0) is 30.3 Å². The molecule has 3 aromatic rings. The zero-order valence-corrected chi connectivity index (χ0v) is 16.7. The van der Waals surface area contributed by atoms with Gasteiger partial charge >= 0.3 is 0 Å². The topological polar surface area (TPSA) is 72.5 Å². The van der Waals surface area contributed by atoms with Gasteiger partial charge in [-0.25, -0.2) is 13.1 Å². The molecular weight excluding hydrogens is 406 g/mol. The molecule has 140 valence electrons. The molecule has 0 aliphatic heterocycles. The average molecular weight is 422 g/mol. The maximum Gasteiger partial charge on any atom is 0.240 e. The minimum atomic E-state index is -3.74. The second kappa shape index (κ2) is 8.22. The predicted octanol–water partition coefficient (Wildman–Crippen LogP) is 4.12. The van der Waals surface area contributed by atoms with E-state index in [-0.39, 0.29) is 22.2 Å². The van der Waals surface area contributed by atoms with Gasteiger partial charge in [0.25, 0.3) is 0 Å². The van der Waals surface area contributed by atoms with E-state index in [1.807, 2.05) is 6.07 Å². The Bertz CT molecular complexity index is 1060. The van der Waals surface area contributed by atoms with E-state index >= 15 is 0 Å². The van der Waals surface area contributed by atoms with Crippen molar-refractivity contribution in [2.24, 2.45) is 0 Å². The number of hydrogen-bond acceptors (Lipinski definition) is 5. The van der Waals surface area contributed by atoms with Gasteiger partial charge in [0.1, 0.15) is 5.75 Å². The van der Waals surface area contributed by atoms with Crippen molar-refractivity contribution < 1.29 is 17.9 Å². The van der Waals surface area contributed by atoms with Crippen molar-refractivity contribution in [2.75, 3.05) is 7.11 Å². The van der Waals surface area contributed by atoms with Crippen LogP contribution in [0.4, 0.5) is 0 Å². The second-order valence-corrected chi connectivity index (χ2v) is 8.92. The van der Waals surface area contributed by atoms with Crippen molar-refractivity contribution in [3.8, 4) is 5.75 Å². The molecule has 1 heterocycles. The Labute approximate surface area is 166 Å². The van der Waals surface area contributed by atoms with Gasteiger partial charge in [0.15, 0.2) is 0 Å². The highest BCUT2D eigenvalue weighted by atomic mass is 35.5. The molecule has 8 heteroatoms. The number of ether oxygens (including phenoxy) is 1. The second-order valence-electron chi connectivity index (χ2n) is 5.58. The summed E-state index contributed by atoms with van der Waals surface area (Å²) in [5.74, 6) is 0.314. The minimum absolute atomic E-state index is 0.0467. The van der Waals surface area contributed by atoms with Gasteiger partial charge in [0.05, 0.1) is 21.9 Å². The van der Waals surface area contributed by atoms with Crippen LogP contribution in [0, 0.1) is 0 Å². The minimum Gasteiger partial charge on any atom is -0.495 e. The summed E-state index contributed by atoms with van der Waals surface area (Å²) in [4.78, 5) is 13.8. The van der Waals surface area contributed by atoms with E-state index in [1.165, 1.54) is 36.6 Å². The summed E-state index contributed by atoms with van der Waals surface area (Å²) < 4.78 is 32.4. The Kier molecular flexibility index (Phi) is 5.96. The normalized spacial score (nSPS) is 11.3. The third-order valence-corrected chi connectivity index (χ3v) is 6.57. The molecule has 2 aromatic carbocycles. The zero-order chi connectivity index (χ0) is 19.4. The van der Waals surface area contributed by atoms with Crippen LogP contribution in [-0.4, -0.2) is 21.3 Å². The van der Waals surface area contributed by atoms with E-state index in [0.29, 0.717) is 16.2 Å². The number of halogens is 1. The summed E-state index contributed by atoms with van der Waals surface area (Å²) in [6.45, 7) is 0.0821. The number of carbonyl (C=O) groups excluding carboxylic acids is 1. The lowest BCUT2D eigenvalue weighted by atomic mass is 10.1. The molecule has 0 bridgehead atoms. The fourth-order valence-corrected chi connectivity index (χ4v) is 4.75. The highest BCUT2D eigenvalue weighted by Gasteiger charge is 2.17. The summed E-state index contributed by atoms with van der Waals surface area (Å²) in [6, 6.07) is 16.6. The lowest BCUT2D eigenvalue weighted by Gasteiger charge is -2.08. The van der Waals surface area contributed by atoms with Crippen LogP contribution in [0.3, 0.4) is 0 Å². The number of methoxy groups -OCH3 is 1. The van der Waals surface area contributed by atoms with Gasteiger partial charge in [-0.15, -0.1) is 11.3 Å². The van der Waals surface area contributed by atoms with Crippen molar-refractivity contribution in [3.63, 3.8) is 0 Å². The van der Waals surface area contributed by atoms with Crippen molar-refractivity contribution >= 4 is 38.7 Å². The smallest absolute Gasteiger partial charge is 0.240 e. The molecule has 0 aliphatic carbocycles. The maximum atomic E-state index is 12.4. The third-order valence-electron chi connectivity index (χ3n) is 3.79. The first-order chi connectivity index (χ1) is 12.9. The van der Waals surface area contributed by atoms with Crippen LogP contribution >= 0.6 is 22.9 Å². The van der Waals surface area contributed by atoms with Crippen molar-refractivity contribution in [1.29, 1.82) is 0 Å². The quantitative estimate of drug-likeness (QED) is 0.582. The summed E-state index contributed by atoms with van der Waals surface area (Å²) in [5, 5.41) is 0.215. The van der Waals surface area contributed by atoms with Crippen LogP contribution in [0.1, 0.15) is 20.1 Å². The van der Waals surface area contributed by atoms with E-state index in [2.05, 4.69) is 4.72 Å². The first-order valence-corrected chi connectivity index (χ1v) is 10.6. The number of carbonyl (C=O) groups is 1. The first-order valence-electron chi connectivity index (χ1n) is 7.92. The molecule has 0 unspecified atom stereocenters. The Morgan fingerprint density at radius 2 is 1.85 bits per heavy atom. The summed E-state index contributed by atoms with van der Waals surface area (Å²) in [6.07, 6.45) is 0. The molecule has 0 radical (unpaired) electrons. The largest absolute Gasteiger partial charge is 0.495 e. The van der Waals surface area contributed by atoms with Crippen LogP contribution in [0.2, 0.25) is 5.02 Å². The molecule has 1 aromatic heterocycles. The highest BCUT2D eigenvalue weighted by Crippen LogP contribution is 2.27. The van der Waals surface area contributed by atoms with Gasteiger partial charge in [-0.3, -0.25) is 4.79 Å². The van der Waals surface area contributed by atoms with E-state index in [1.54, 1.807) is 36.4 Å². The predicted molar refractivity (Wildman–Crippen MR) is 106 cm³/mol. The molecule has 1 N–H and O–H groups in total. The van der Waals surface area contributed by atoms with Gasteiger partial charge < -0.3 is 4.74 Å². The summed E-state index contributed by atoms with van der Waals surface area (Å²) >= 11 is 7.25. The molecule has 0 saturated carbocycles. The van der Waals surface area contributed by atoms with Crippen LogP contribution in [0.25, 0.3) is 0 Å². The van der Waals surface area contributed by atoms with Gasteiger partial charge in [-0.2, -0.15) is 0 Å². The van der Waals surface area contributed by atoms with E-state index in [9.17, 15) is 13.2 Å². The third kappa shape index (κ3) is 4.56. The maximum absolute atomic E-state index is 12.4. The monoisotopic (exact) mass is 421 g/mol. The van der Waals surface area contributed by atoms with E-state index < -0.39 is 10.0 Å². The fraction of sp³-hybridized carbons (Fsp3) is 0.105. The number of ketones is 1. The molecule has 27 heavy (non-hydrogen) atoms. The Morgan fingerprint density at radius 3 is 2.52 bits per heavy atom. The molecular formula is C19H16ClNO4S2. The van der Waals surface area contributed by atoms with E-state index in [4.69, 9.17) is 16.3 Å². The molecule has 0 aliphatic rings. The fourth-order valence-electron chi connectivity index (χ4n) is 2.39. The van der Waals surface area contributed by atoms with Crippen LogP contribution in [0.5, 0.6) is 5.75 Å². The Morgan fingerprint density at radius 1 is 1.11 bits per heavy atom. The lowest BCUT2D eigenvalue weighted by Crippen LogP contribution is -2.22. The van der Waals surface area contributed by atoms with Gasteiger partial charge in [0.2, 0.25) is 15.8 Å². The van der Waals surface area contributed by atoms with Crippen LogP contribution < -0.4 is 9.46 Å². The number of sulfonamides is 1. The molecule has 0 saturated heterocycles. The summed E-state index contributed by atoms with van der Waals surface area (Å²) in [5.41, 5.74) is 0.597. The van der Waals surface area contributed by atoms with Crippen molar-refractivity contribution in [2.45, 2.75) is 11.4 Å². The average Bonchev–Trinajstić information content (AvgIpc) is 3.15. The molecule has 0 atom stereocenters. The molecule has 3 rings (SSSR count). The number of nitrogens with one attached hydrogen (secondary N) is 1.